The molecule has 1 saturated heterocycles. The summed E-state index contributed by atoms with van der Waals surface area (Å²) in [7, 11) is 0. The smallest absolute Gasteiger partial charge is 0.417 e. The van der Waals surface area contributed by atoms with Crippen LogP contribution in [0.15, 0.2) is 89.7 Å². The molecule has 1 saturated carbocycles. The summed E-state index contributed by atoms with van der Waals surface area (Å²) in [4.78, 5) is 55.6. The highest BCUT2D eigenvalue weighted by Crippen LogP contribution is 2.34. The van der Waals surface area contributed by atoms with Gasteiger partial charge in [-0.15, -0.1) is 0 Å². The lowest BCUT2D eigenvalue weighted by molar-refractivity contribution is -0.138. The molecule has 5 aromatic rings. The van der Waals surface area contributed by atoms with E-state index < -0.39 is 47.1 Å². The molecule has 340 valence electrons. The number of ether oxygens (including phenoxy) is 1. The van der Waals surface area contributed by atoms with Crippen LogP contribution in [0.25, 0.3) is 10.8 Å². The molecule has 0 spiro atoms. The van der Waals surface area contributed by atoms with Crippen molar-refractivity contribution in [3.05, 3.63) is 135 Å². The summed E-state index contributed by atoms with van der Waals surface area (Å²) in [6.45, 7) is 2.69. The first kappa shape index (κ1) is 46.4. The monoisotopic (exact) mass is 894 g/mol. The van der Waals surface area contributed by atoms with Crippen molar-refractivity contribution in [1.82, 2.24) is 19.6 Å². The maximum Gasteiger partial charge on any atom is 0.417 e. The standard InChI is InChI=1S/C49H50F4N6O6/c1-48(64,47(63)55-36-18-17-35(30-54)41(29-36)49(51,52)53)31-65-37-19-12-32(13-20-37)9-5-3-2-4-8-22-59-46(62)39-11-7-6-10-38(39)43(56-59)28-33-14-21-42(50)40(27-33)45(61)58-25-23-57(24-26-58)44(60)34-15-16-34/h6-7,10-14,17-21,27,29,34,64H,2-5,8-9,15-16,22-26,28,31H2,1H3,(H,55,63)/t48-/m0/s1. The SMILES string of the molecule is C[C@](O)(COc1ccc(CCCCCCCn2nc(Cc3ccc(F)c(C(=O)N4CCN(C(=O)C5CC5)CC4)c3)c3ccccc3c2=O)cc1)C(=O)Nc1ccc(C#N)c(C(F)(F)F)c1. The second-order valence-corrected chi connectivity index (χ2v) is 17.0. The molecular weight excluding hydrogens is 845 g/mol. The number of aliphatic hydroxyl groups is 1. The van der Waals surface area contributed by atoms with Gasteiger partial charge in [0.05, 0.1) is 33.8 Å². The molecule has 2 N–H and O–H groups in total. The van der Waals surface area contributed by atoms with Crippen molar-refractivity contribution in [2.45, 2.75) is 83.0 Å². The first-order chi connectivity index (χ1) is 31.1. The van der Waals surface area contributed by atoms with E-state index in [1.807, 2.05) is 24.3 Å². The van der Waals surface area contributed by atoms with Crippen LogP contribution in [0.5, 0.6) is 5.75 Å². The number of aromatic nitrogens is 2. The number of carbonyl (C=O) groups is 3. The van der Waals surface area contributed by atoms with Crippen LogP contribution in [-0.4, -0.2) is 80.8 Å². The molecule has 4 aromatic carbocycles. The van der Waals surface area contributed by atoms with Gasteiger partial charge in [-0.2, -0.15) is 23.5 Å². The molecule has 3 amide bonds. The molecule has 65 heavy (non-hydrogen) atoms. The third-order valence-electron chi connectivity index (χ3n) is 11.9. The van der Waals surface area contributed by atoms with Gasteiger partial charge in [0.15, 0.2) is 5.60 Å². The van der Waals surface area contributed by atoms with Crippen LogP contribution in [-0.2, 0) is 35.2 Å². The molecule has 0 bridgehead atoms. The minimum atomic E-state index is -4.80. The van der Waals surface area contributed by atoms with E-state index >= 15 is 4.39 Å². The number of nitriles is 1. The van der Waals surface area contributed by atoms with Crippen molar-refractivity contribution in [2.24, 2.45) is 5.92 Å². The number of hydrogen-bond acceptors (Lipinski definition) is 8. The lowest BCUT2D eigenvalue weighted by Gasteiger charge is -2.35. The summed E-state index contributed by atoms with van der Waals surface area (Å²) < 4.78 is 62.2. The van der Waals surface area contributed by atoms with Crippen LogP contribution in [0.3, 0.4) is 0 Å². The maximum atomic E-state index is 15.1. The highest BCUT2D eigenvalue weighted by molar-refractivity contribution is 5.97. The average molecular weight is 895 g/mol. The number of aryl methyl sites for hydroxylation is 2. The minimum Gasteiger partial charge on any atom is -0.490 e. The van der Waals surface area contributed by atoms with Crippen molar-refractivity contribution >= 4 is 34.2 Å². The summed E-state index contributed by atoms with van der Waals surface area (Å²) in [6, 6.07) is 23.1. The number of fused-ring (bicyclic) bond motifs is 1. The molecule has 0 radical (unpaired) electrons. The van der Waals surface area contributed by atoms with E-state index in [9.17, 15) is 37.5 Å². The number of benzene rings is 4. The maximum absolute atomic E-state index is 15.1. The Balaban J connectivity index is 0.860. The Bertz CT molecular complexity index is 2650. The number of alkyl halides is 3. The van der Waals surface area contributed by atoms with Crippen molar-refractivity contribution in [2.75, 3.05) is 38.1 Å². The Morgan fingerprint density at radius 3 is 2.22 bits per heavy atom. The third kappa shape index (κ3) is 11.6. The molecule has 0 unspecified atom stereocenters. The summed E-state index contributed by atoms with van der Waals surface area (Å²) in [5.41, 5.74) is -1.93. The molecule has 1 aliphatic carbocycles. The zero-order valence-electron chi connectivity index (χ0n) is 36.0. The summed E-state index contributed by atoms with van der Waals surface area (Å²) in [6.07, 6.45) is 2.52. The van der Waals surface area contributed by atoms with E-state index in [2.05, 4.69) is 5.32 Å². The highest BCUT2D eigenvalue weighted by atomic mass is 19.4. The van der Waals surface area contributed by atoms with Gasteiger partial charge in [0, 0.05) is 56.1 Å². The van der Waals surface area contributed by atoms with Crippen LogP contribution in [0, 0.1) is 23.1 Å². The van der Waals surface area contributed by atoms with Gasteiger partial charge in [-0.3, -0.25) is 19.2 Å². The number of nitrogens with zero attached hydrogens (tertiary/aromatic N) is 5. The van der Waals surface area contributed by atoms with E-state index in [0.717, 1.165) is 69.1 Å². The number of unbranched alkanes of at least 4 members (excludes halogenated alkanes) is 4. The number of carbonyl (C=O) groups excluding carboxylic acids is 3. The fraction of sp³-hybridized carbons (Fsp3) is 0.388. The number of hydrogen-bond donors (Lipinski definition) is 2. The minimum absolute atomic E-state index is 0.0282. The molecule has 1 aliphatic heterocycles. The number of piperazine rings is 1. The summed E-state index contributed by atoms with van der Waals surface area (Å²) >= 11 is 0. The van der Waals surface area contributed by atoms with Crippen molar-refractivity contribution in [3.63, 3.8) is 0 Å². The van der Waals surface area contributed by atoms with Gasteiger partial charge in [-0.05, 0) is 98.7 Å². The number of amides is 3. The second kappa shape index (κ2) is 20.1. The fourth-order valence-corrected chi connectivity index (χ4v) is 7.90. The predicted octanol–water partition coefficient (Wildman–Crippen LogP) is 7.67. The quantitative estimate of drug-likeness (QED) is 0.0712. The molecular formula is C49H50F4N6O6. The van der Waals surface area contributed by atoms with Crippen LogP contribution < -0.4 is 15.6 Å². The van der Waals surface area contributed by atoms with E-state index in [1.54, 1.807) is 46.2 Å². The Morgan fingerprint density at radius 1 is 0.862 bits per heavy atom. The third-order valence-corrected chi connectivity index (χ3v) is 11.9. The van der Waals surface area contributed by atoms with Gasteiger partial charge in [0.1, 0.15) is 18.2 Å². The van der Waals surface area contributed by atoms with Crippen molar-refractivity contribution in [1.29, 1.82) is 5.26 Å². The first-order valence-electron chi connectivity index (χ1n) is 21.8. The number of anilines is 1. The Kier molecular flexibility index (Phi) is 14.3. The molecule has 2 heterocycles. The average Bonchev–Trinajstić information content (AvgIpc) is 4.16. The molecule has 2 fully saturated rings. The Labute approximate surface area is 373 Å². The van der Waals surface area contributed by atoms with Gasteiger partial charge >= 0.3 is 6.18 Å². The zero-order chi connectivity index (χ0) is 46.3. The lowest BCUT2D eigenvalue weighted by Crippen LogP contribution is -2.51. The molecule has 2 aliphatic rings. The van der Waals surface area contributed by atoms with Gasteiger partial charge < -0.3 is 25.0 Å². The highest BCUT2D eigenvalue weighted by Gasteiger charge is 2.37. The van der Waals surface area contributed by atoms with Crippen LogP contribution in [0.4, 0.5) is 23.2 Å². The van der Waals surface area contributed by atoms with Crippen LogP contribution in [0.2, 0.25) is 0 Å². The van der Waals surface area contributed by atoms with E-state index in [4.69, 9.17) is 15.1 Å². The molecule has 7 rings (SSSR count). The van der Waals surface area contributed by atoms with Crippen LogP contribution in [0.1, 0.15) is 90.2 Å². The zero-order valence-corrected chi connectivity index (χ0v) is 36.0. The first-order valence-corrected chi connectivity index (χ1v) is 21.8. The molecule has 12 nitrogen and oxygen atoms in total. The summed E-state index contributed by atoms with van der Waals surface area (Å²) in [5, 5.41) is 28.0. The van der Waals surface area contributed by atoms with E-state index in [1.165, 1.54) is 23.7 Å². The predicted molar refractivity (Wildman–Crippen MR) is 235 cm³/mol. The van der Waals surface area contributed by atoms with Gasteiger partial charge in [-0.25, -0.2) is 9.07 Å². The van der Waals surface area contributed by atoms with E-state index in [-0.39, 0.29) is 35.1 Å². The molecule has 1 aromatic heterocycles. The Morgan fingerprint density at radius 2 is 1.52 bits per heavy atom. The van der Waals surface area contributed by atoms with Crippen LogP contribution >= 0.6 is 0 Å². The normalized spacial score (nSPS) is 15.0. The molecule has 16 heteroatoms. The lowest BCUT2D eigenvalue weighted by atomic mass is 10.0. The Hall–Kier alpha value is -6.60. The molecule has 1 atom stereocenters. The largest absolute Gasteiger partial charge is 0.490 e. The van der Waals surface area contributed by atoms with Gasteiger partial charge in [-0.1, -0.05) is 55.7 Å². The summed E-state index contributed by atoms with van der Waals surface area (Å²) in [5.74, 6) is -1.37. The van der Waals surface area contributed by atoms with Gasteiger partial charge in [0.2, 0.25) is 5.91 Å². The van der Waals surface area contributed by atoms with Crippen molar-refractivity contribution < 1.29 is 41.8 Å². The topological polar surface area (TPSA) is 158 Å². The fourth-order valence-electron chi connectivity index (χ4n) is 7.90. The van der Waals surface area contributed by atoms with Gasteiger partial charge in [0.25, 0.3) is 17.4 Å². The van der Waals surface area contributed by atoms with Crippen molar-refractivity contribution in [3.8, 4) is 11.8 Å². The van der Waals surface area contributed by atoms with E-state index in [0.29, 0.717) is 66.6 Å². The number of nitrogens with one attached hydrogen (secondary N) is 1. The number of rotatable bonds is 17. The second-order valence-electron chi connectivity index (χ2n) is 17.0. The number of halogens is 4.